The van der Waals surface area contributed by atoms with Gasteiger partial charge in [0.05, 0.1) is 16.3 Å². The summed E-state index contributed by atoms with van der Waals surface area (Å²) >= 11 is 5.65. The fourth-order valence-corrected chi connectivity index (χ4v) is 2.05. The lowest BCUT2D eigenvalue weighted by Crippen LogP contribution is -2.24. The number of carbonyl (C=O) groups is 1. The van der Waals surface area contributed by atoms with Crippen molar-refractivity contribution < 1.29 is 18.3 Å². The number of hydrogen-bond donors (Lipinski definition) is 0. The number of carbonyl (C=O) groups excluding carboxylic acids is 1. The van der Waals surface area contributed by atoms with Crippen LogP contribution in [0.4, 0.5) is 8.78 Å². The summed E-state index contributed by atoms with van der Waals surface area (Å²) in [6.07, 6.45) is 1.38. The Morgan fingerprint density at radius 2 is 1.95 bits per heavy atom. The van der Waals surface area contributed by atoms with Gasteiger partial charge < -0.3 is 4.74 Å². The van der Waals surface area contributed by atoms with Crippen molar-refractivity contribution in [3.63, 3.8) is 0 Å². The number of hydrogen-bond acceptors (Lipinski definition) is 3. The van der Waals surface area contributed by atoms with E-state index in [1.807, 2.05) is 0 Å². The summed E-state index contributed by atoms with van der Waals surface area (Å²) in [5, 5.41) is -0.379. The Balaban J connectivity index is 2.57. The number of esters is 1. The van der Waals surface area contributed by atoms with Gasteiger partial charge in [0.2, 0.25) is 0 Å². The normalized spacial score (nSPS) is 11.4. The number of nitrogens with zero attached hydrogens (tertiary/aromatic N) is 1. The van der Waals surface area contributed by atoms with Crippen molar-refractivity contribution >= 4 is 17.6 Å². The Morgan fingerprint density at radius 1 is 1.27 bits per heavy atom. The second-order valence-corrected chi connectivity index (χ2v) is 6.06. The predicted octanol–water partition coefficient (Wildman–Crippen LogP) is 4.64. The highest BCUT2D eigenvalue weighted by Crippen LogP contribution is 2.30. The van der Waals surface area contributed by atoms with E-state index in [-0.39, 0.29) is 21.8 Å². The molecule has 0 aliphatic carbocycles. The second kappa shape index (κ2) is 6.01. The highest BCUT2D eigenvalue weighted by molar-refractivity contribution is 6.31. The van der Waals surface area contributed by atoms with Crippen molar-refractivity contribution in [1.29, 1.82) is 0 Å². The topological polar surface area (TPSA) is 39.2 Å². The van der Waals surface area contributed by atoms with Crippen LogP contribution >= 0.6 is 11.6 Å². The molecule has 0 saturated heterocycles. The lowest BCUT2D eigenvalue weighted by molar-refractivity contribution is 0.00701. The molecule has 6 heteroatoms. The van der Waals surface area contributed by atoms with Crippen LogP contribution in [-0.4, -0.2) is 16.6 Å². The molecule has 0 fully saturated rings. The van der Waals surface area contributed by atoms with Crippen LogP contribution in [0.1, 0.15) is 31.1 Å². The van der Waals surface area contributed by atoms with Crippen LogP contribution in [0.25, 0.3) is 11.3 Å². The zero-order chi connectivity index (χ0) is 16.5. The molecule has 116 valence electrons. The van der Waals surface area contributed by atoms with Crippen molar-refractivity contribution in [2.45, 2.75) is 26.4 Å². The first-order valence-corrected chi connectivity index (χ1v) is 6.90. The van der Waals surface area contributed by atoms with Crippen LogP contribution in [0, 0.1) is 11.6 Å². The molecule has 0 spiro atoms. The molecule has 0 saturated carbocycles. The van der Waals surface area contributed by atoms with Gasteiger partial charge in [0.1, 0.15) is 11.4 Å². The minimum absolute atomic E-state index is 0.0179. The Labute approximate surface area is 131 Å². The van der Waals surface area contributed by atoms with Crippen LogP contribution in [0.15, 0.2) is 30.5 Å². The van der Waals surface area contributed by atoms with Gasteiger partial charge >= 0.3 is 5.97 Å². The molecule has 0 unspecified atom stereocenters. The molecular weight excluding hydrogens is 312 g/mol. The van der Waals surface area contributed by atoms with Crippen LogP contribution in [-0.2, 0) is 4.74 Å². The Hall–Kier alpha value is -2.01. The predicted molar refractivity (Wildman–Crippen MR) is 79.8 cm³/mol. The van der Waals surface area contributed by atoms with Crippen LogP contribution in [0.2, 0.25) is 5.02 Å². The van der Waals surface area contributed by atoms with E-state index < -0.39 is 23.2 Å². The van der Waals surface area contributed by atoms with Gasteiger partial charge in [0, 0.05) is 11.8 Å². The molecule has 0 aliphatic rings. The van der Waals surface area contributed by atoms with E-state index in [0.29, 0.717) is 0 Å². The fourth-order valence-electron chi connectivity index (χ4n) is 1.85. The molecule has 1 aromatic carbocycles. The zero-order valence-corrected chi connectivity index (χ0v) is 13.0. The number of benzene rings is 1. The first-order chi connectivity index (χ1) is 10.2. The fraction of sp³-hybridized carbons (Fsp3) is 0.250. The van der Waals surface area contributed by atoms with Crippen molar-refractivity contribution in [3.05, 3.63) is 52.7 Å². The van der Waals surface area contributed by atoms with Crippen LogP contribution in [0.5, 0.6) is 0 Å². The first-order valence-electron chi connectivity index (χ1n) is 6.52. The molecule has 1 heterocycles. The summed E-state index contributed by atoms with van der Waals surface area (Å²) < 4.78 is 32.9. The highest BCUT2D eigenvalue weighted by atomic mass is 35.5. The van der Waals surface area contributed by atoms with Gasteiger partial charge in [-0.15, -0.1) is 0 Å². The monoisotopic (exact) mass is 325 g/mol. The number of halogens is 3. The molecule has 0 aliphatic heterocycles. The number of ether oxygens (including phenoxy) is 1. The molecule has 1 aromatic heterocycles. The van der Waals surface area contributed by atoms with E-state index in [9.17, 15) is 13.6 Å². The lowest BCUT2D eigenvalue weighted by Gasteiger charge is -2.20. The maximum Gasteiger partial charge on any atom is 0.340 e. The van der Waals surface area contributed by atoms with Crippen LogP contribution in [0.3, 0.4) is 0 Å². The zero-order valence-electron chi connectivity index (χ0n) is 12.3. The van der Waals surface area contributed by atoms with Crippen molar-refractivity contribution in [1.82, 2.24) is 4.98 Å². The van der Waals surface area contributed by atoms with Gasteiger partial charge in [-0.05, 0) is 45.0 Å². The molecule has 0 bridgehead atoms. The maximum absolute atomic E-state index is 14.2. The molecule has 22 heavy (non-hydrogen) atoms. The van der Waals surface area contributed by atoms with Gasteiger partial charge in [0.25, 0.3) is 0 Å². The standard InChI is InChI=1S/C16H14ClF2NO2/c1-16(2,3)22-15(21)10-5-4-6-20-14(10)11-7-9(18)8-12(17)13(11)19/h4-8H,1-3H3. The van der Waals surface area contributed by atoms with Crippen molar-refractivity contribution in [2.75, 3.05) is 0 Å². The SMILES string of the molecule is CC(C)(C)OC(=O)c1cccnc1-c1cc(F)cc(Cl)c1F. The second-order valence-electron chi connectivity index (χ2n) is 5.65. The molecule has 2 aromatic rings. The van der Waals surface area contributed by atoms with Crippen molar-refractivity contribution in [3.8, 4) is 11.3 Å². The summed E-state index contributed by atoms with van der Waals surface area (Å²) in [6.45, 7) is 5.13. The van der Waals surface area contributed by atoms with E-state index in [0.717, 1.165) is 12.1 Å². The van der Waals surface area contributed by atoms with Crippen molar-refractivity contribution in [2.24, 2.45) is 0 Å². The van der Waals surface area contributed by atoms with Gasteiger partial charge in [-0.25, -0.2) is 13.6 Å². The molecule has 3 nitrogen and oxygen atoms in total. The lowest BCUT2D eigenvalue weighted by atomic mass is 10.0. The van der Waals surface area contributed by atoms with Gasteiger partial charge in [-0.3, -0.25) is 4.98 Å². The largest absolute Gasteiger partial charge is 0.456 e. The number of rotatable bonds is 2. The van der Waals surface area contributed by atoms with E-state index in [1.54, 1.807) is 20.8 Å². The third-order valence-electron chi connectivity index (χ3n) is 2.67. The summed E-state index contributed by atoms with van der Waals surface area (Å²) in [4.78, 5) is 16.2. The summed E-state index contributed by atoms with van der Waals surface area (Å²) in [6, 6.07) is 4.75. The smallest absolute Gasteiger partial charge is 0.340 e. The van der Waals surface area contributed by atoms with Gasteiger partial charge in [0.15, 0.2) is 5.82 Å². The van der Waals surface area contributed by atoms with E-state index >= 15 is 0 Å². The quantitative estimate of drug-likeness (QED) is 0.596. The van der Waals surface area contributed by atoms with E-state index in [2.05, 4.69) is 4.98 Å². The summed E-state index contributed by atoms with van der Waals surface area (Å²) in [7, 11) is 0. The Morgan fingerprint density at radius 3 is 2.59 bits per heavy atom. The Bertz CT molecular complexity index is 727. The Kier molecular flexibility index (Phi) is 4.47. The third-order valence-corrected chi connectivity index (χ3v) is 2.95. The molecule has 0 N–H and O–H groups in total. The van der Waals surface area contributed by atoms with Gasteiger partial charge in [-0.2, -0.15) is 0 Å². The number of aromatic nitrogens is 1. The minimum Gasteiger partial charge on any atom is -0.456 e. The van der Waals surface area contributed by atoms with E-state index in [4.69, 9.17) is 16.3 Å². The molecule has 2 rings (SSSR count). The minimum atomic E-state index is -0.841. The average Bonchev–Trinajstić information content (AvgIpc) is 2.41. The summed E-state index contributed by atoms with van der Waals surface area (Å²) in [5.41, 5.74) is -0.886. The molecule has 0 radical (unpaired) electrons. The maximum atomic E-state index is 14.2. The van der Waals surface area contributed by atoms with E-state index in [1.165, 1.54) is 18.3 Å². The van der Waals surface area contributed by atoms with Gasteiger partial charge in [-0.1, -0.05) is 11.6 Å². The highest BCUT2D eigenvalue weighted by Gasteiger charge is 2.23. The average molecular weight is 326 g/mol. The number of pyridine rings is 1. The van der Waals surface area contributed by atoms with Crippen LogP contribution < -0.4 is 0 Å². The summed E-state index contributed by atoms with van der Waals surface area (Å²) in [5.74, 6) is -2.23. The molecule has 0 amide bonds. The molecular formula is C16H14ClF2NO2. The molecule has 0 atom stereocenters. The third kappa shape index (κ3) is 3.60. The first kappa shape index (κ1) is 16.4.